The van der Waals surface area contributed by atoms with Crippen molar-refractivity contribution in [2.24, 2.45) is 5.41 Å². The van der Waals surface area contributed by atoms with Crippen LogP contribution in [0.4, 0.5) is 0 Å². The summed E-state index contributed by atoms with van der Waals surface area (Å²) in [6.07, 6.45) is 10.7. The van der Waals surface area contributed by atoms with Gasteiger partial charge in [-0.3, -0.25) is 4.68 Å². The summed E-state index contributed by atoms with van der Waals surface area (Å²) in [6.45, 7) is 7.56. The molecule has 0 atom stereocenters. The number of rotatable bonds is 7. The molecule has 1 aliphatic carbocycles. The fraction of sp³-hybridized carbons (Fsp3) is 0.867. The Balaban J connectivity index is 2.07. The molecule has 1 fully saturated rings. The molecule has 4 nitrogen and oxygen atoms in total. The molecule has 0 saturated heterocycles. The maximum Gasteiger partial charge on any atom is 0.138 e. The van der Waals surface area contributed by atoms with Crippen molar-refractivity contribution < 1.29 is 0 Å². The van der Waals surface area contributed by atoms with E-state index in [1.807, 2.05) is 0 Å². The second-order valence-electron chi connectivity index (χ2n) is 5.92. The van der Waals surface area contributed by atoms with Crippen LogP contribution in [0.15, 0.2) is 6.33 Å². The molecule has 0 aliphatic heterocycles. The molecule has 1 heterocycles. The van der Waals surface area contributed by atoms with E-state index in [4.69, 9.17) is 0 Å². The van der Waals surface area contributed by atoms with E-state index in [1.54, 1.807) is 6.33 Å². The molecular weight excluding hydrogens is 236 g/mol. The van der Waals surface area contributed by atoms with Crippen molar-refractivity contribution in [1.29, 1.82) is 0 Å². The molecule has 0 unspecified atom stereocenters. The Morgan fingerprint density at radius 1 is 1.26 bits per heavy atom. The number of nitrogens with zero attached hydrogens (tertiary/aromatic N) is 3. The highest BCUT2D eigenvalue weighted by atomic mass is 15.3. The van der Waals surface area contributed by atoms with Gasteiger partial charge >= 0.3 is 0 Å². The predicted octanol–water partition coefficient (Wildman–Crippen LogP) is 2.79. The summed E-state index contributed by atoms with van der Waals surface area (Å²) in [5.74, 6) is 1.18. The van der Waals surface area contributed by atoms with Crippen LogP contribution in [-0.4, -0.2) is 27.9 Å². The Bertz CT molecular complexity index is 366. The van der Waals surface area contributed by atoms with E-state index in [1.165, 1.54) is 37.9 Å². The second kappa shape index (κ2) is 7.04. The van der Waals surface area contributed by atoms with E-state index >= 15 is 0 Å². The summed E-state index contributed by atoms with van der Waals surface area (Å²) in [7, 11) is 0. The Morgan fingerprint density at radius 3 is 2.74 bits per heavy atom. The van der Waals surface area contributed by atoms with Gasteiger partial charge in [0.25, 0.3) is 0 Å². The molecule has 0 amide bonds. The number of aryl methyl sites for hydroxylation is 1. The topological polar surface area (TPSA) is 42.7 Å². The van der Waals surface area contributed by atoms with Crippen molar-refractivity contribution in [1.82, 2.24) is 20.1 Å². The third-order valence-electron chi connectivity index (χ3n) is 4.33. The molecule has 2 rings (SSSR count). The van der Waals surface area contributed by atoms with Gasteiger partial charge in [-0.15, -0.1) is 0 Å². The SMILES string of the molecule is CCCn1ncnc1CC1(CNCC)CCCCC1. The van der Waals surface area contributed by atoms with E-state index in [9.17, 15) is 0 Å². The Morgan fingerprint density at radius 2 is 2.05 bits per heavy atom. The van der Waals surface area contributed by atoms with Gasteiger partial charge in [0.05, 0.1) is 0 Å². The van der Waals surface area contributed by atoms with E-state index in [0.29, 0.717) is 5.41 Å². The lowest BCUT2D eigenvalue weighted by atomic mass is 9.71. The average Bonchev–Trinajstić information content (AvgIpc) is 2.85. The van der Waals surface area contributed by atoms with Crippen LogP contribution < -0.4 is 5.32 Å². The summed E-state index contributed by atoms with van der Waals surface area (Å²) in [5, 5.41) is 7.93. The van der Waals surface area contributed by atoms with Crippen molar-refractivity contribution in [2.75, 3.05) is 13.1 Å². The maximum absolute atomic E-state index is 4.51. The van der Waals surface area contributed by atoms with Crippen LogP contribution in [0.2, 0.25) is 0 Å². The standard InChI is InChI=1S/C15H28N4/c1-3-10-19-14(17-13-18-19)11-15(12-16-4-2)8-6-5-7-9-15/h13,16H,3-12H2,1-2H3. The highest BCUT2D eigenvalue weighted by Crippen LogP contribution is 2.38. The van der Waals surface area contributed by atoms with Crippen molar-refractivity contribution in [3.8, 4) is 0 Å². The Kier molecular flexibility index (Phi) is 5.37. The summed E-state index contributed by atoms with van der Waals surface area (Å²) >= 11 is 0. The second-order valence-corrected chi connectivity index (χ2v) is 5.92. The smallest absolute Gasteiger partial charge is 0.138 e. The predicted molar refractivity (Wildman–Crippen MR) is 78.1 cm³/mol. The molecule has 1 aromatic heterocycles. The third kappa shape index (κ3) is 3.78. The van der Waals surface area contributed by atoms with Gasteiger partial charge in [0.1, 0.15) is 12.2 Å². The van der Waals surface area contributed by atoms with Crippen LogP contribution in [0.3, 0.4) is 0 Å². The zero-order valence-electron chi connectivity index (χ0n) is 12.5. The molecule has 4 heteroatoms. The van der Waals surface area contributed by atoms with Crippen molar-refractivity contribution in [2.45, 2.75) is 65.3 Å². The molecule has 108 valence electrons. The van der Waals surface area contributed by atoms with Gasteiger partial charge in [-0.05, 0) is 31.2 Å². The number of hydrogen-bond acceptors (Lipinski definition) is 3. The minimum Gasteiger partial charge on any atom is -0.316 e. The van der Waals surface area contributed by atoms with Gasteiger partial charge in [-0.2, -0.15) is 5.10 Å². The fourth-order valence-electron chi connectivity index (χ4n) is 3.27. The largest absolute Gasteiger partial charge is 0.316 e. The zero-order valence-corrected chi connectivity index (χ0v) is 12.5. The van der Waals surface area contributed by atoms with Crippen molar-refractivity contribution in [3.05, 3.63) is 12.2 Å². The lowest BCUT2D eigenvalue weighted by Gasteiger charge is -2.37. The van der Waals surface area contributed by atoms with Crippen LogP contribution in [0, 0.1) is 5.41 Å². The van der Waals surface area contributed by atoms with Crippen LogP contribution in [-0.2, 0) is 13.0 Å². The van der Waals surface area contributed by atoms with Gasteiger partial charge < -0.3 is 5.32 Å². The normalized spacial score (nSPS) is 18.6. The summed E-state index contributed by atoms with van der Waals surface area (Å²) < 4.78 is 2.10. The molecule has 1 aromatic rings. The molecular formula is C15H28N4. The first-order valence-electron chi connectivity index (χ1n) is 7.87. The molecule has 0 bridgehead atoms. The first-order chi connectivity index (χ1) is 9.29. The number of nitrogens with one attached hydrogen (secondary N) is 1. The monoisotopic (exact) mass is 264 g/mol. The molecule has 1 aliphatic rings. The molecule has 1 N–H and O–H groups in total. The number of hydrogen-bond donors (Lipinski definition) is 1. The Hall–Kier alpha value is -0.900. The highest BCUT2D eigenvalue weighted by Gasteiger charge is 2.33. The Labute approximate surface area is 117 Å². The summed E-state index contributed by atoms with van der Waals surface area (Å²) in [6, 6.07) is 0. The molecule has 0 spiro atoms. The lowest BCUT2D eigenvalue weighted by molar-refractivity contribution is 0.176. The fourth-order valence-corrected chi connectivity index (χ4v) is 3.27. The average molecular weight is 264 g/mol. The molecule has 0 aromatic carbocycles. The van der Waals surface area contributed by atoms with E-state index in [2.05, 4.69) is 33.9 Å². The van der Waals surface area contributed by atoms with Crippen LogP contribution >= 0.6 is 0 Å². The van der Waals surface area contributed by atoms with Crippen molar-refractivity contribution >= 4 is 0 Å². The minimum absolute atomic E-state index is 0.410. The van der Waals surface area contributed by atoms with Crippen LogP contribution in [0.5, 0.6) is 0 Å². The first kappa shape index (κ1) is 14.5. The van der Waals surface area contributed by atoms with Gasteiger partial charge in [-0.1, -0.05) is 33.1 Å². The van der Waals surface area contributed by atoms with Crippen molar-refractivity contribution in [3.63, 3.8) is 0 Å². The van der Waals surface area contributed by atoms with Gasteiger partial charge in [0.2, 0.25) is 0 Å². The molecule has 1 saturated carbocycles. The van der Waals surface area contributed by atoms with Crippen LogP contribution in [0.25, 0.3) is 0 Å². The third-order valence-corrected chi connectivity index (χ3v) is 4.33. The molecule has 19 heavy (non-hydrogen) atoms. The van der Waals surface area contributed by atoms with E-state index < -0.39 is 0 Å². The lowest BCUT2D eigenvalue weighted by Crippen LogP contribution is -2.38. The van der Waals surface area contributed by atoms with E-state index in [-0.39, 0.29) is 0 Å². The highest BCUT2D eigenvalue weighted by molar-refractivity contribution is 4.96. The van der Waals surface area contributed by atoms with Gasteiger partial charge in [0.15, 0.2) is 0 Å². The first-order valence-corrected chi connectivity index (χ1v) is 7.87. The molecule has 0 radical (unpaired) electrons. The van der Waals surface area contributed by atoms with Crippen LogP contribution in [0.1, 0.15) is 58.2 Å². The van der Waals surface area contributed by atoms with E-state index in [0.717, 1.165) is 32.5 Å². The number of aromatic nitrogens is 3. The van der Waals surface area contributed by atoms with Gasteiger partial charge in [-0.25, -0.2) is 4.98 Å². The summed E-state index contributed by atoms with van der Waals surface area (Å²) in [4.78, 5) is 4.51. The van der Waals surface area contributed by atoms with Gasteiger partial charge in [0, 0.05) is 19.5 Å². The maximum atomic E-state index is 4.51. The summed E-state index contributed by atoms with van der Waals surface area (Å²) in [5.41, 5.74) is 0.410. The minimum atomic E-state index is 0.410. The zero-order chi connectivity index (χ0) is 13.6. The quantitative estimate of drug-likeness (QED) is 0.823.